The molecule has 0 saturated carbocycles. The average Bonchev–Trinajstić information content (AvgIpc) is 2.36. The van der Waals surface area contributed by atoms with Crippen LogP contribution in [0, 0.1) is 6.92 Å². The van der Waals surface area contributed by atoms with E-state index in [0.29, 0.717) is 6.54 Å². The van der Waals surface area contributed by atoms with Crippen LogP contribution in [0.4, 0.5) is 5.69 Å². The molecular formula is C14H16BrN3O. The average molecular weight is 322 g/mol. The van der Waals surface area contributed by atoms with E-state index in [2.05, 4.69) is 26.2 Å². The predicted molar refractivity (Wildman–Crippen MR) is 80.6 cm³/mol. The van der Waals surface area contributed by atoms with Gasteiger partial charge in [0, 0.05) is 34.7 Å². The molecular weight excluding hydrogens is 306 g/mol. The van der Waals surface area contributed by atoms with E-state index in [0.717, 1.165) is 28.0 Å². The van der Waals surface area contributed by atoms with Gasteiger partial charge >= 0.3 is 0 Å². The molecule has 0 bridgehead atoms. The molecule has 0 aliphatic carbocycles. The molecule has 1 N–H and O–H groups in total. The molecule has 2 aromatic heterocycles. The molecule has 2 aromatic rings. The van der Waals surface area contributed by atoms with Crippen molar-refractivity contribution >= 4 is 21.6 Å². The Balaban J connectivity index is 2.31. The molecule has 5 heteroatoms. The number of nitrogens with zero attached hydrogens (tertiary/aromatic N) is 2. The van der Waals surface area contributed by atoms with E-state index in [1.165, 1.54) is 0 Å². The van der Waals surface area contributed by atoms with E-state index < -0.39 is 0 Å². The topological polar surface area (TPSA) is 46.9 Å². The molecule has 0 aromatic carbocycles. The molecule has 100 valence electrons. The lowest BCUT2D eigenvalue weighted by molar-refractivity contribution is 0.730. The number of aryl methyl sites for hydroxylation is 1. The first kappa shape index (κ1) is 13.8. The van der Waals surface area contributed by atoms with Gasteiger partial charge < -0.3 is 9.88 Å². The van der Waals surface area contributed by atoms with Gasteiger partial charge in [0.05, 0.1) is 12.2 Å². The van der Waals surface area contributed by atoms with Gasteiger partial charge in [-0.05, 0) is 48.0 Å². The molecule has 0 amide bonds. The Hall–Kier alpha value is -1.62. The summed E-state index contributed by atoms with van der Waals surface area (Å²) in [6, 6.07) is 5.70. The first-order valence-electron chi connectivity index (χ1n) is 6.15. The molecule has 0 atom stereocenters. The number of nitrogens with one attached hydrogen (secondary N) is 1. The van der Waals surface area contributed by atoms with Gasteiger partial charge in [-0.2, -0.15) is 0 Å². The summed E-state index contributed by atoms with van der Waals surface area (Å²) in [6.45, 7) is 5.19. The zero-order valence-corrected chi connectivity index (χ0v) is 12.6. The second kappa shape index (κ2) is 6.02. The fraction of sp³-hybridized carbons (Fsp3) is 0.286. The lowest BCUT2D eigenvalue weighted by atomic mass is 10.2. The van der Waals surface area contributed by atoms with Gasteiger partial charge in [-0.3, -0.25) is 9.78 Å². The van der Waals surface area contributed by atoms with E-state index in [1.807, 2.05) is 32.0 Å². The molecule has 0 radical (unpaired) electrons. The van der Waals surface area contributed by atoms with Crippen LogP contribution < -0.4 is 10.9 Å². The van der Waals surface area contributed by atoms with Crippen LogP contribution in [0.15, 0.2) is 39.9 Å². The molecule has 19 heavy (non-hydrogen) atoms. The van der Waals surface area contributed by atoms with E-state index in [9.17, 15) is 4.79 Å². The Morgan fingerprint density at radius 1 is 1.42 bits per heavy atom. The lowest BCUT2D eigenvalue weighted by Crippen LogP contribution is -2.22. The highest BCUT2D eigenvalue weighted by molar-refractivity contribution is 9.10. The Kier molecular flexibility index (Phi) is 4.37. The summed E-state index contributed by atoms with van der Waals surface area (Å²) in [6.07, 6.45) is 3.54. The van der Waals surface area contributed by atoms with Gasteiger partial charge in [0.2, 0.25) is 0 Å². The van der Waals surface area contributed by atoms with Gasteiger partial charge in [0.25, 0.3) is 5.56 Å². The monoisotopic (exact) mass is 321 g/mol. The Morgan fingerprint density at radius 3 is 2.95 bits per heavy atom. The first-order chi connectivity index (χ1) is 9.10. The third kappa shape index (κ3) is 3.44. The summed E-state index contributed by atoms with van der Waals surface area (Å²) in [5.74, 6) is 0. The van der Waals surface area contributed by atoms with Crippen molar-refractivity contribution in [1.82, 2.24) is 9.55 Å². The molecule has 0 saturated heterocycles. The van der Waals surface area contributed by atoms with Crippen LogP contribution in [0.5, 0.6) is 0 Å². The van der Waals surface area contributed by atoms with Crippen LogP contribution in [-0.4, -0.2) is 16.1 Å². The van der Waals surface area contributed by atoms with Crippen molar-refractivity contribution in [3.05, 3.63) is 56.7 Å². The fourth-order valence-corrected chi connectivity index (χ4v) is 2.50. The minimum atomic E-state index is 0.0128. The van der Waals surface area contributed by atoms with E-state index >= 15 is 0 Å². The second-order valence-electron chi connectivity index (χ2n) is 4.34. The van der Waals surface area contributed by atoms with E-state index in [1.54, 1.807) is 17.0 Å². The molecule has 0 unspecified atom stereocenters. The SMILES string of the molecule is CCNc1ccnc(Cn2cc(Br)cc(C)c2=O)c1. The van der Waals surface area contributed by atoms with Crippen LogP contribution in [0.25, 0.3) is 0 Å². The minimum absolute atomic E-state index is 0.0128. The Bertz CT molecular complexity index is 637. The minimum Gasteiger partial charge on any atom is -0.385 e. The summed E-state index contributed by atoms with van der Waals surface area (Å²) < 4.78 is 2.56. The number of hydrogen-bond donors (Lipinski definition) is 1. The molecule has 0 fully saturated rings. The molecule has 0 aliphatic rings. The van der Waals surface area contributed by atoms with Crippen molar-refractivity contribution in [3.8, 4) is 0 Å². The molecule has 2 heterocycles. The Morgan fingerprint density at radius 2 is 2.21 bits per heavy atom. The van der Waals surface area contributed by atoms with Gasteiger partial charge in [-0.25, -0.2) is 0 Å². The van der Waals surface area contributed by atoms with Crippen LogP contribution >= 0.6 is 15.9 Å². The van der Waals surface area contributed by atoms with Crippen LogP contribution in [0.2, 0.25) is 0 Å². The number of aromatic nitrogens is 2. The molecule has 2 rings (SSSR count). The van der Waals surface area contributed by atoms with Crippen molar-refractivity contribution in [2.24, 2.45) is 0 Å². The van der Waals surface area contributed by atoms with Crippen molar-refractivity contribution in [1.29, 1.82) is 0 Å². The van der Waals surface area contributed by atoms with Gasteiger partial charge in [0.15, 0.2) is 0 Å². The van der Waals surface area contributed by atoms with Crippen LogP contribution in [0.1, 0.15) is 18.2 Å². The number of pyridine rings is 2. The molecule has 0 spiro atoms. The second-order valence-corrected chi connectivity index (χ2v) is 5.26. The number of anilines is 1. The van der Waals surface area contributed by atoms with Crippen molar-refractivity contribution in [3.63, 3.8) is 0 Å². The van der Waals surface area contributed by atoms with Gasteiger partial charge in [0.1, 0.15) is 0 Å². The fourth-order valence-electron chi connectivity index (χ4n) is 1.91. The lowest BCUT2D eigenvalue weighted by Gasteiger charge is -2.09. The van der Waals surface area contributed by atoms with Crippen LogP contribution in [-0.2, 0) is 6.54 Å². The summed E-state index contributed by atoms with van der Waals surface area (Å²) in [4.78, 5) is 16.3. The summed E-state index contributed by atoms with van der Waals surface area (Å²) in [5.41, 5.74) is 2.61. The summed E-state index contributed by atoms with van der Waals surface area (Å²) in [7, 11) is 0. The zero-order chi connectivity index (χ0) is 13.8. The highest BCUT2D eigenvalue weighted by Crippen LogP contribution is 2.11. The standard InChI is InChI=1S/C14H16BrN3O/c1-3-16-12-4-5-17-13(7-12)9-18-8-11(15)6-10(2)14(18)19/h4-8H,3,9H2,1-2H3,(H,16,17). The smallest absolute Gasteiger partial charge is 0.253 e. The third-order valence-corrected chi connectivity index (χ3v) is 3.20. The number of hydrogen-bond acceptors (Lipinski definition) is 3. The summed E-state index contributed by atoms with van der Waals surface area (Å²) >= 11 is 3.41. The van der Waals surface area contributed by atoms with Gasteiger partial charge in [-0.15, -0.1) is 0 Å². The van der Waals surface area contributed by atoms with Crippen LogP contribution in [0.3, 0.4) is 0 Å². The van der Waals surface area contributed by atoms with Gasteiger partial charge in [-0.1, -0.05) is 0 Å². The first-order valence-corrected chi connectivity index (χ1v) is 6.95. The number of halogens is 1. The normalized spacial score (nSPS) is 10.5. The predicted octanol–water partition coefficient (Wildman–Crippen LogP) is 2.79. The molecule has 4 nitrogen and oxygen atoms in total. The molecule has 0 aliphatic heterocycles. The van der Waals surface area contributed by atoms with E-state index in [4.69, 9.17) is 0 Å². The summed E-state index contributed by atoms with van der Waals surface area (Å²) in [5, 5.41) is 3.23. The maximum absolute atomic E-state index is 12.0. The maximum atomic E-state index is 12.0. The van der Waals surface area contributed by atoms with Crippen molar-refractivity contribution in [2.75, 3.05) is 11.9 Å². The maximum Gasteiger partial charge on any atom is 0.253 e. The quantitative estimate of drug-likeness (QED) is 0.941. The highest BCUT2D eigenvalue weighted by Gasteiger charge is 2.04. The zero-order valence-electron chi connectivity index (χ0n) is 11.0. The number of rotatable bonds is 4. The van der Waals surface area contributed by atoms with Crippen molar-refractivity contribution in [2.45, 2.75) is 20.4 Å². The van der Waals surface area contributed by atoms with E-state index in [-0.39, 0.29) is 5.56 Å². The third-order valence-electron chi connectivity index (χ3n) is 2.76. The Labute approximate surface area is 120 Å². The van der Waals surface area contributed by atoms with Crippen molar-refractivity contribution < 1.29 is 0 Å². The largest absolute Gasteiger partial charge is 0.385 e. The highest BCUT2D eigenvalue weighted by atomic mass is 79.9.